The number of hydrogen-bond donors (Lipinski definition) is 1. The standard InChI is InChI=1S/C10H18O/c1-6-8-4-7(5-9(6)11)10(8,2)3/h6-9,11H,4-5H2,1-3H3/t6-,7-,8+,9-/m1/s1. The van der Waals surface area contributed by atoms with E-state index in [2.05, 4.69) is 20.8 Å². The van der Waals surface area contributed by atoms with Gasteiger partial charge in [-0.2, -0.15) is 0 Å². The van der Waals surface area contributed by atoms with Crippen molar-refractivity contribution < 1.29 is 5.11 Å². The van der Waals surface area contributed by atoms with Crippen molar-refractivity contribution in [3.8, 4) is 0 Å². The molecule has 0 unspecified atom stereocenters. The first-order valence-corrected chi connectivity index (χ1v) is 4.71. The van der Waals surface area contributed by atoms with Crippen LogP contribution in [0.1, 0.15) is 33.6 Å². The summed E-state index contributed by atoms with van der Waals surface area (Å²) in [6.45, 7) is 6.91. The number of aliphatic hydroxyl groups excluding tert-OH is 1. The minimum Gasteiger partial charge on any atom is -0.393 e. The van der Waals surface area contributed by atoms with Gasteiger partial charge >= 0.3 is 0 Å². The quantitative estimate of drug-likeness (QED) is 0.566. The molecule has 0 heterocycles. The Hall–Kier alpha value is -0.0400. The third-order valence-corrected chi connectivity index (χ3v) is 4.31. The van der Waals surface area contributed by atoms with E-state index in [0.29, 0.717) is 11.3 Å². The normalized spacial score (nSPS) is 53.5. The number of rotatable bonds is 0. The number of hydrogen-bond acceptors (Lipinski definition) is 1. The Labute approximate surface area is 68.8 Å². The molecule has 3 aliphatic carbocycles. The van der Waals surface area contributed by atoms with Crippen LogP contribution in [0.5, 0.6) is 0 Å². The van der Waals surface area contributed by atoms with Gasteiger partial charge in [0, 0.05) is 0 Å². The predicted octanol–water partition coefficient (Wildman–Crippen LogP) is 2.05. The van der Waals surface area contributed by atoms with Crippen molar-refractivity contribution in [1.82, 2.24) is 0 Å². The molecule has 0 aromatic carbocycles. The van der Waals surface area contributed by atoms with Crippen molar-refractivity contribution >= 4 is 0 Å². The van der Waals surface area contributed by atoms with Gasteiger partial charge in [-0.3, -0.25) is 0 Å². The van der Waals surface area contributed by atoms with Crippen molar-refractivity contribution in [2.75, 3.05) is 0 Å². The molecule has 3 aliphatic rings. The maximum absolute atomic E-state index is 9.61. The first kappa shape index (κ1) is 7.60. The first-order valence-electron chi connectivity index (χ1n) is 4.71. The van der Waals surface area contributed by atoms with Crippen LogP contribution in [0.4, 0.5) is 0 Å². The molecule has 0 saturated heterocycles. The molecule has 0 aliphatic heterocycles. The molecular formula is C10H18O. The van der Waals surface area contributed by atoms with Crippen LogP contribution in [0.15, 0.2) is 0 Å². The van der Waals surface area contributed by atoms with Gasteiger partial charge in [-0.05, 0) is 36.0 Å². The minimum atomic E-state index is -0.00762. The van der Waals surface area contributed by atoms with E-state index in [4.69, 9.17) is 0 Å². The zero-order chi connectivity index (χ0) is 8.22. The molecule has 2 bridgehead atoms. The Kier molecular flexibility index (Phi) is 1.39. The first-order chi connectivity index (χ1) is 5.03. The van der Waals surface area contributed by atoms with Gasteiger partial charge in [0.05, 0.1) is 6.10 Å². The number of aliphatic hydroxyl groups is 1. The molecule has 1 heteroatoms. The molecule has 11 heavy (non-hydrogen) atoms. The van der Waals surface area contributed by atoms with Crippen molar-refractivity contribution in [2.45, 2.75) is 39.7 Å². The van der Waals surface area contributed by atoms with Crippen molar-refractivity contribution in [1.29, 1.82) is 0 Å². The Morgan fingerprint density at radius 2 is 1.91 bits per heavy atom. The lowest BCUT2D eigenvalue weighted by Crippen LogP contribution is -2.56. The molecule has 0 aromatic heterocycles. The minimum absolute atomic E-state index is 0.00762. The summed E-state index contributed by atoms with van der Waals surface area (Å²) in [7, 11) is 0. The van der Waals surface area contributed by atoms with E-state index in [1.165, 1.54) is 6.42 Å². The van der Waals surface area contributed by atoms with E-state index in [9.17, 15) is 5.11 Å². The van der Waals surface area contributed by atoms with Crippen LogP contribution < -0.4 is 0 Å². The summed E-state index contributed by atoms with van der Waals surface area (Å²) in [6, 6.07) is 0. The molecule has 0 spiro atoms. The summed E-state index contributed by atoms with van der Waals surface area (Å²) >= 11 is 0. The molecule has 0 amide bonds. The van der Waals surface area contributed by atoms with Gasteiger partial charge < -0.3 is 5.11 Å². The lowest BCUT2D eigenvalue weighted by molar-refractivity contribution is -0.154. The molecule has 3 rings (SSSR count). The van der Waals surface area contributed by atoms with Crippen LogP contribution in [0, 0.1) is 23.2 Å². The van der Waals surface area contributed by atoms with Crippen molar-refractivity contribution in [3.63, 3.8) is 0 Å². The third kappa shape index (κ3) is 0.807. The van der Waals surface area contributed by atoms with Crippen LogP contribution in [0.3, 0.4) is 0 Å². The Bertz CT molecular complexity index is 174. The maximum atomic E-state index is 9.61. The van der Waals surface area contributed by atoms with Crippen LogP contribution in [0.25, 0.3) is 0 Å². The van der Waals surface area contributed by atoms with E-state index in [1.54, 1.807) is 0 Å². The fourth-order valence-corrected chi connectivity index (χ4v) is 3.12. The Balaban J connectivity index is 2.17. The lowest BCUT2D eigenvalue weighted by atomic mass is 9.45. The predicted molar refractivity (Wildman–Crippen MR) is 45.2 cm³/mol. The fourth-order valence-electron chi connectivity index (χ4n) is 3.12. The van der Waals surface area contributed by atoms with Gasteiger partial charge in [-0.15, -0.1) is 0 Å². The summed E-state index contributed by atoms with van der Waals surface area (Å²) in [5, 5.41) is 9.61. The van der Waals surface area contributed by atoms with E-state index < -0.39 is 0 Å². The van der Waals surface area contributed by atoms with E-state index in [0.717, 1.165) is 18.3 Å². The summed E-state index contributed by atoms with van der Waals surface area (Å²) in [6.07, 6.45) is 2.40. The average molecular weight is 154 g/mol. The molecule has 0 aromatic rings. The van der Waals surface area contributed by atoms with Gasteiger partial charge in [0.15, 0.2) is 0 Å². The largest absolute Gasteiger partial charge is 0.393 e. The summed E-state index contributed by atoms with van der Waals surface area (Å²) in [5.41, 5.74) is 0.526. The number of fused-ring (bicyclic) bond motifs is 2. The van der Waals surface area contributed by atoms with Gasteiger partial charge in [-0.25, -0.2) is 0 Å². The highest BCUT2D eigenvalue weighted by atomic mass is 16.3. The summed E-state index contributed by atoms with van der Waals surface area (Å²) in [5.74, 6) is 2.13. The highest BCUT2D eigenvalue weighted by molar-refractivity contribution is 5.04. The summed E-state index contributed by atoms with van der Waals surface area (Å²) < 4.78 is 0. The average Bonchev–Trinajstić information content (AvgIpc) is 1.93. The Morgan fingerprint density at radius 3 is 2.27 bits per heavy atom. The van der Waals surface area contributed by atoms with Gasteiger partial charge in [0.25, 0.3) is 0 Å². The van der Waals surface area contributed by atoms with Crippen molar-refractivity contribution in [3.05, 3.63) is 0 Å². The van der Waals surface area contributed by atoms with Gasteiger partial charge in [0.2, 0.25) is 0 Å². The second-order valence-electron chi connectivity index (χ2n) is 5.02. The SMILES string of the molecule is C[C@H]1[C@H](O)C[C@H]2C[C@@H]1C2(C)C. The fraction of sp³-hybridized carbons (Fsp3) is 1.00. The maximum Gasteiger partial charge on any atom is 0.0571 e. The molecule has 3 fully saturated rings. The zero-order valence-electron chi connectivity index (χ0n) is 7.67. The summed E-state index contributed by atoms with van der Waals surface area (Å²) in [4.78, 5) is 0. The van der Waals surface area contributed by atoms with Gasteiger partial charge in [-0.1, -0.05) is 20.8 Å². The van der Waals surface area contributed by atoms with E-state index in [-0.39, 0.29) is 6.10 Å². The highest BCUT2D eigenvalue weighted by Gasteiger charge is 2.55. The highest BCUT2D eigenvalue weighted by Crippen LogP contribution is 2.61. The molecule has 3 saturated carbocycles. The van der Waals surface area contributed by atoms with Gasteiger partial charge in [0.1, 0.15) is 0 Å². The monoisotopic (exact) mass is 154 g/mol. The van der Waals surface area contributed by atoms with Crippen LogP contribution in [0.2, 0.25) is 0 Å². The third-order valence-electron chi connectivity index (χ3n) is 4.31. The molecular weight excluding hydrogens is 136 g/mol. The van der Waals surface area contributed by atoms with Crippen molar-refractivity contribution in [2.24, 2.45) is 23.2 Å². The van der Waals surface area contributed by atoms with E-state index >= 15 is 0 Å². The Morgan fingerprint density at radius 1 is 1.27 bits per heavy atom. The molecule has 4 atom stereocenters. The topological polar surface area (TPSA) is 20.2 Å². The molecule has 64 valence electrons. The smallest absolute Gasteiger partial charge is 0.0571 e. The lowest BCUT2D eigenvalue weighted by Gasteiger charge is -2.61. The zero-order valence-corrected chi connectivity index (χ0v) is 7.67. The van der Waals surface area contributed by atoms with Crippen LogP contribution >= 0.6 is 0 Å². The van der Waals surface area contributed by atoms with Crippen LogP contribution in [-0.2, 0) is 0 Å². The van der Waals surface area contributed by atoms with E-state index in [1.807, 2.05) is 0 Å². The van der Waals surface area contributed by atoms with Crippen LogP contribution in [-0.4, -0.2) is 11.2 Å². The molecule has 1 N–H and O–H groups in total. The molecule has 1 nitrogen and oxygen atoms in total. The second-order valence-corrected chi connectivity index (χ2v) is 5.02. The second kappa shape index (κ2) is 2.01. The molecule has 0 radical (unpaired) electrons.